The van der Waals surface area contributed by atoms with Crippen LogP contribution in [0.5, 0.6) is 0 Å². The summed E-state index contributed by atoms with van der Waals surface area (Å²) in [6.45, 7) is 4.62. The van der Waals surface area contributed by atoms with Gasteiger partial charge in [0.15, 0.2) is 0 Å². The number of para-hydroxylation sites is 1. The van der Waals surface area contributed by atoms with Crippen LogP contribution in [0.2, 0.25) is 0 Å². The van der Waals surface area contributed by atoms with Gasteiger partial charge in [0.1, 0.15) is 11.6 Å². The molecule has 0 radical (unpaired) electrons. The molecule has 1 atom stereocenters. The number of rotatable bonds is 4. The maximum atomic E-state index is 11.9. The number of ether oxygens (including phenoxy) is 1. The number of benzene rings is 1. The molecule has 3 N–H and O–H groups in total. The van der Waals surface area contributed by atoms with Crippen molar-refractivity contribution in [1.29, 1.82) is 0 Å². The Bertz CT molecular complexity index is 454. The van der Waals surface area contributed by atoms with Crippen LogP contribution in [0, 0.1) is 0 Å². The predicted octanol–water partition coefficient (Wildman–Crippen LogP) is 1.51. The van der Waals surface area contributed by atoms with Crippen molar-refractivity contribution in [2.75, 3.05) is 11.9 Å². The van der Waals surface area contributed by atoms with Crippen LogP contribution in [-0.4, -0.2) is 35.4 Å². The highest BCUT2D eigenvalue weighted by Gasteiger charge is 2.23. The second-order valence-corrected chi connectivity index (χ2v) is 5.24. The molecule has 0 saturated heterocycles. The second kappa shape index (κ2) is 6.91. The molecule has 1 aromatic carbocycles. The highest BCUT2D eigenvalue weighted by atomic mass is 16.6. The van der Waals surface area contributed by atoms with Crippen LogP contribution in [0.15, 0.2) is 30.3 Å². The number of carbonyl (C=O) groups excluding carboxylic acids is 2. The summed E-state index contributed by atoms with van der Waals surface area (Å²) >= 11 is 0. The summed E-state index contributed by atoms with van der Waals surface area (Å²) in [4.78, 5) is 23.5. The monoisotopic (exact) mass is 280 g/mol. The largest absolute Gasteiger partial charge is 0.444 e. The average molecular weight is 280 g/mol. The molecule has 0 aliphatic heterocycles. The number of hydrogen-bond acceptors (Lipinski definition) is 4. The van der Waals surface area contributed by atoms with Gasteiger partial charge in [0.25, 0.3) is 0 Å². The molecular formula is C14H20N2O4. The van der Waals surface area contributed by atoms with E-state index in [0.29, 0.717) is 5.69 Å². The zero-order chi connectivity index (χ0) is 15.2. The van der Waals surface area contributed by atoms with Crippen LogP contribution in [0.25, 0.3) is 0 Å². The van der Waals surface area contributed by atoms with E-state index in [-0.39, 0.29) is 0 Å². The highest BCUT2D eigenvalue weighted by Crippen LogP contribution is 2.08. The molecule has 2 amide bonds. The number of alkyl carbamates (subject to hydrolysis) is 1. The molecule has 6 nitrogen and oxygen atoms in total. The van der Waals surface area contributed by atoms with Gasteiger partial charge in [-0.15, -0.1) is 0 Å². The summed E-state index contributed by atoms with van der Waals surface area (Å²) < 4.78 is 5.03. The normalized spacial score (nSPS) is 12.4. The molecule has 0 spiro atoms. The summed E-state index contributed by atoms with van der Waals surface area (Å²) in [5.74, 6) is -0.510. The molecule has 1 rings (SSSR count). The number of amides is 2. The summed E-state index contributed by atoms with van der Waals surface area (Å²) in [6.07, 6.45) is -0.750. The van der Waals surface area contributed by atoms with Crippen LogP contribution in [0.4, 0.5) is 10.5 Å². The third-order valence-electron chi connectivity index (χ3n) is 2.23. The molecule has 1 aromatic rings. The smallest absolute Gasteiger partial charge is 0.408 e. The van der Waals surface area contributed by atoms with Crippen molar-refractivity contribution < 1.29 is 19.4 Å². The Morgan fingerprint density at radius 3 is 2.35 bits per heavy atom. The quantitative estimate of drug-likeness (QED) is 0.780. The fourth-order valence-electron chi connectivity index (χ4n) is 1.39. The summed E-state index contributed by atoms with van der Waals surface area (Å²) in [5.41, 5.74) is -0.0815. The van der Waals surface area contributed by atoms with E-state index in [0.717, 1.165) is 0 Å². The minimum absolute atomic E-state index is 0.510. The number of hydrogen-bond donors (Lipinski definition) is 3. The predicted molar refractivity (Wildman–Crippen MR) is 75.3 cm³/mol. The van der Waals surface area contributed by atoms with Gasteiger partial charge in [0.05, 0.1) is 6.61 Å². The van der Waals surface area contributed by atoms with Crippen LogP contribution < -0.4 is 10.6 Å². The van der Waals surface area contributed by atoms with E-state index >= 15 is 0 Å². The fraction of sp³-hybridized carbons (Fsp3) is 0.429. The molecule has 0 bridgehead atoms. The zero-order valence-electron chi connectivity index (χ0n) is 11.8. The zero-order valence-corrected chi connectivity index (χ0v) is 11.8. The van der Waals surface area contributed by atoms with E-state index in [1.807, 2.05) is 6.07 Å². The Morgan fingerprint density at radius 2 is 1.85 bits per heavy atom. The van der Waals surface area contributed by atoms with Crippen LogP contribution in [-0.2, 0) is 9.53 Å². The summed E-state index contributed by atoms with van der Waals surface area (Å²) in [7, 11) is 0. The molecule has 20 heavy (non-hydrogen) atoms. The molecule has 110 valence electrons. The van der Waals surface area contributed by atoms with E-state index in [4.69, 9.17) is 4.74 Å². The average Bonchev–Trinajstić information content (AvgIpc) is 2.35. The van der Waals surface area contributed by atoms with Gasteiger partial charge in [-0.3, -0.25) is 4.79 Å². The molecule has 6 heteroatoms. The first-order valence-electron chi connectivity index (χ1n) is 6.28. The lowest BCUT2D eigenvalue weighted by Crippen LogP contribution is -2.47. The van der Waals surface area contributed by atoms with Gasteiger partial charge in [0, 0.05) is 5.69 Å². The highest BCUT2D eigenvalue weighted by molar-refractivity contribution is 5.96. The third kappa shape index (κ3) is 5.71. The number of aliphatic hydroxyl groups excluding tert-OH is 1. The number of aliphatic hydroxyl groups is 1. The Hall–Kier alpha value is -2.08. The van der Waals surface area contributed by atoms with Gasteiger partial charge < -0.3 is 20.5 Å². The van der Waals surface area contributed by atoms with E-state index in [2.05, 4.69) is 10.6 Å². The Kier molecular flexibility index (Phi) is 5.52. The first kappa shape index (κ1) is 16.0. The SMILES string of the molecule is CC(C)(C)OC(=O)N[C@@H](CO)C(=O)Nc1ccccc1. The lowest BCUT2D eigenvalue weighted by atomic mass is 10.2. The van der Waals surface area contributed by atoms with Crippen molar-refractivity contribution in [2.45, 2.75) is 32.4 Å². The van der Waals surface area contributed by atoms with E-state index in [1.54, 1.807) is 45.0 Å². The van der Waals surface area contributed by atoms with Crippen molar-refractivity contribution in [2.24, 2.45) is 0 Å². The van der Waals surface area contributed by atoms with Gasteiger partial charge in [-0.05, 0) is 32.9 Å². The van der Waals surface area contributed by atoms with Gasteiger partial charge in [0.2, 0.25) is 5.91 Å². The van der Waals surface area contributed by atoms with Crippen molar-refractivity contribution >= 4 is 17.7 Å². The van der Waals surface area contributed by atoms with Crippen molar-refractivity contribution in [3.8, 4) is 0 Å². The Morgan fingerprint density at radius 1 is 1.25 bits per heavy atom. The fourth-order valence-corrected chi connectivity index (χ4v) is 1.39. The standard InChI is InChI=1S/C14H20N2O4/c1-14(2,3)20-13(19)16-11(9-17)12(18)15-10-7-5-4-6-8-10/h4-8,11,17H,9H2,1-3H3,(H,15,18)(H,16,19)/t11-/m0/s1. The lowest BCUT2D eigenvalue weighted by molar-refractivity contribution is -0.119. The van der Waals surface area contributed by atoms with Crippen LogP contribution >= 0.6 is 0 Å². The maximum Gasteiger partial charge on any atom is 0.408 e. The topological polar surface area (TPSA) is 87.7 Å². The third-order valence-corrected chi connectivity index (χ3v) is 2.23. The number of carbonyl (C=O) groups is 2. The van der Waals surface area contributed by atoms with Crippen molar-refractivity contribution in [1.82, 2.24) is 5.32 Å². The van der Waals surface area contributed by atoms with E-state index in [9.17, 15) is 14.7 Å². The second-order valence-electron chi connectivity index (χ2n) is 5.24. The van der Waals surface area contributed by atoms with Gasteiger partial charge in [-0.25, -0.2) is 4.79 Å². The molecular weight excluding hydrogens is 260 g/mol. The minimum atomic E-state index is -1.06. The maximum absolute atomic E-state index is 11.9. The van der Waals surface area contributed by atoms with Crippen LogP contribution in [0.1, 0.15) is 20.8 Å². The molecule has 0 aliphatic carbocycles. The lowest BCUT2D eigenvalue weighted by Gasteiger charge is -2.22. The molecule has 0 fully saturated rings. The first-order chi connectivity index (χ1) is 9.31. The summed E-state index contributed by atoms with van der Waals surface area (Å²) in [5, 5.41) is 14.1. The van der Waals surface area contributed by atoms with Crippen LogP contribution in [0.3, 0.4) is 0 Å². The Balaban J connectivity index is 2.57. The van der Waals surface area contributed by atoms with E-state index < -0.39 is 30.3 Å². The molecule has 0 aromatic heterocycles. The van der Waals surface area contributed by atoms with Gasteiger partial charge >= 0.3 is 6.09 Å². The van der Waals surface area contributed by atoms with Crippen molar-refractivity contribution in [3.05, 3.63) is 30.3 Å². The van der Waals surface area contributed by atoms with Gasteiger partial charge in [-0.1, -0.05) is 18.2 Å². The molecule has 0 heterocycles. The van der Waals surface area contributed by atoms with Crippen molar-refractivity contribution in [3.63, 3.8) is 0 Å². The first-order valence-corrected chi connectivity index (χ1v) is 6.28. The molecule has 0 unspecified atom stereocenters. The minimum Gasteiger partial charge on any atom is -0.444 e. The van der Waals surface area contributed by atoms with E-state index in [1.165, 1.54) is 0 Å². The Labute approximate surface area is 118 Å². The molecule has 0 saturated carbocycles. The van der Waals surface area contributed by atoms with Gasteiger partial charge in [-0.2, -0.15) is 0 Å². The number of anilines is 1. The number of nitrogens with one attached hydrogen (secondary N) is 2. The summed E-state index contributed by atoms with van der Waals surface area (Å²) in [6, 6.07) is 7.71. The molecule has 0 aliphatic rings.